The van der Waals surface area contributed by atoms with Gasteiger partial charge in [0.05, 0.1) is 5.69 Å². The van der Waals surface area contributed by atoms with Gasteiger partial charge in [0, 0.05) is 13.1 Å². The molecule has 0 heterocycles. The normalized spacial score (nSPS) is 11.6. The fraction of sp³-hybridized carbons (Fsp3) is 0.333. The van der Waals surface area contributed by atoms with Crippen LogP contribution in [-0.2, 0) is 0 Å². The molecule has 0 aromatic heterocycles. The zero-order valence-electron chi connectivity index (χ0n) is 7.78. The van der Waals surface area contributed by atoms with Gasteiger partial charge in [0.25, 0.3) is 0 Å². The van der Waals surface area contributed by atoms with Crippen molar-refractivity contribution in [2.24, 2.45) is 0 Å². The first kappa shape index (κ1) is 11.7. The molecule has 0 saturated carbocycles. The Balaban J connectivity index is 2.90. The van der Waals surface area contributed by atoms with Crippen molar-refractivity contribution in [3.63, 3.8) is 0 Å². The van der Waals surface area contributed by atoms with Gasteiger partial charge >= 0.3 is 6.18 Å². The highest BCUT2D eigenvalue weighted by Gasteiger charge is 2.30. The molecule has 1 aromatic rings. The van der Waals surface area contributed by atoms with E-state index in [1.54, 1.807) is 0 Å². The van der Waals surface area contributed by atoms with Gasteiger partial charge in [-0.25, -0.2) is 8.78 Å². The van der Waals surface area contributed by atoms with Crippen LogP contribution >= 0.6 is 0 Å². The van der Waals surface area contributed by atoms with Crippen LogP contribution < -0.4 is 4.90 Å². The molecule has 0 aliphatic carbocycles. The number of anilines is 1. The second kappa shape index (κ2) is 4.04. The molecular formula is C9H8F5N. The summed E-state index contributed by atoms with van der Waals surface area (Å²) in [5.74, 6) is -1.66. The van der Waals surface area contributed by atoms with E-state index in [9.17, 15) is 22.0 Å². The van der Waals surface area contributed by atoms with E-state index in [1.165, 1.54) is 0 Å². The predicted molar refractivity (Wildman–Crippen MR) is 45.7 cm³/mol. The molecule has 1 aromatic carbocycles. The van der Waals surface area contributed by atoms with Crippen LogP contribution in [-0.4, -0.2) is 19.8 Å². The topological polar surface area (TPSA) is 3.24 Å². The highest BCUT2D eigenvalue weighted by atomic mass is 19.4. The number of alkyl halides is 3. The molecule has 0 atom stereocenters. The lowest BCUT2D eigenvalue weighted by Gasteiger charge is -2.21. The second-order valence-electron chi connectivity index (χ2n) is 3.07. The Morgan fingerprint density at radius 1 is 1.20 bits per heavy atom. The van der Waals surface area contributed by atoms with E-state index in [2.05, 4.69) is 0 Å². The Morgan fingerprint density at radius 3 is 2.33 bits per heavy atom. The average Bonchev–Trinajstić information content (AvgIpc) is 2.06. The SMILES string of the molecule is CN(CC(F)(F)F)c1cc(F)ccc1F. The maximum atomic E-state index is 13.0. The van der Waals surface area contributed by atoms with Crippen molar-refractivity contribution in [1.82, 2.24) is 0 Å². The fourth-order valence-electron chi connectivity index (χ4n) is 1.13. The predicted octanol–water partition coefficient (Wildman–Crippen LogP) is 2.96. The largest absolute Gasteiger partial charge is 0.405 e. The second-order valence-corrected chi connectivity index (χ2v) is 3.07. The van der Waals surface area contributed by atoms with Crippen LogP contribution in [0.2, 0.25) is 0 Å². The van der Waals surface area contributed by atoms with E-state index in [-0.39, 0.29) is 0 Å². The Bertz CT molecular complexity index is 347. The summed E-state index contributed by atoms with van der Waals surface area (Å²) in [5.41, 5.74) is -0.410. The van der Waals surface area contributed by atoms with Gasteiger partial charge in [0.2, 0.25) is 0 Å². The first-order valence-corrected chi connectivity index (χ1v) is 4.02. The monoisotopic (exact) mass is 225 g/mol. The molecular weight excluding hydrogens is 217 g/mol. The number of hydrogen-bond acceptors (Lipinski definition) is 1. The lowest BCUT2D eigenvalue weighted by atomic mass is 10.2. The molecule has 0 aliphatic heterocycles. The van der Waals surface area contributed by atoms with Gasteiger partial charge in [-0.05, 0) is 12.1 Å². The molecule has 0 fully saturated rings. The molecule has 0 spiro atoms. The van der Waals surface area contributed by atoms with Crippen molar-refractivity contribution in [3.8, 4) is 0 Å². The van der Waals surface area contributed by atoms with Gasteiger partial charge < -0.3 is 4.90 Å². The number of halogens is 5. The summed E-state index contributed by atoms with van der Waals surface area (Å²) in [6.07, 6.45) is -4.45. The Hall–Kier alpha value is -1.33. The van der Waals surface area contributed by atoms with E-state index in [0.29, 0.717) is 4.90 Å². The van der Waals surface area contributed by atoms with Crippen molar-refractivity contribution in [1.29, 1.82) is 0 Å². The molecule has 0 saturated heterocycles. The summed E-state index contributed by atoms with van der Waals surface area (Å²) in [4.78, 5) is 0.610. The van der Waals surface area contributed by atoms with Crippen LogP contribution in [0.15, 0.2) is 18.2 Å². The van der Waals surface area contributed by atoms with Crippen molar-refractivity contribution >= 4 is 5.69 Å². The number of hydrogen-bond donors (Lipinski definition) is 0. The van der Waals surface area contributed by atoms with Crippen LogP contribution in [0.5, 0.6) is 0 Å². The van der Waals surface area contributed by atoms with E-state index in [1.807, 2.05) is 0 Å². The minimum atomic E-state index is -4.45. The van der Waals surface area contributed by atoms with Crippen LogP contribution in [0, 0.1) is 11.6 Å². The molecule has 1 nitrogen and oxygen atoms in total. The smallest absolute Gasteiger partial charge is 0.363 e. The van der Waals surface area contributed by atoms with E-state index in [4.69, 9.17) is 0 Å². The van der Waals surface area contributed by atoms with Crippen molar-refractivity contribution < 1.29 is 22.0 Å². The van der Waals surface area contributed by atoms with Crippen LogP contribution in [0.3, 0.4) is 0 Å². The molecule has 0 aliphatic rings. The highest BCUT2D eigenvalue weighted by molar-refractivity contribution is 5.47. The van der Waals surface area contributed by atoms with E-state index < -0.39 is 30.0 Å². The van der Waals surface area contributed by atoms with Gasteiger partial charge in [-0.1, -0.05) is 0 Å². The summed E-state index contributed by atoms with van der Waals surface area (Å²) in [6, 6.07) is 2.36. The quantitative estimate of drug-likeness (QED) is 0.699. The zero-order chi connectivity index (χ0) is 11.6. The number of nitrogens with zero attached hydrogens (tertiary/aromatic N) is 1. The standard InChI is InChI=1S/C9H8F5N/c1-15(5-9(12,13)14)8-4-6(10)2-3-7(8)11/h2-4H,5H2,1H3. The van der Waals surface area contributed by atoms with Crippen molar-refractivity contribution in [2.75, 3.05) is 18.5 Å². The highest BCUT2D eigenvalue weighted by Crippen LogP contribution is 2.23. The maximum absolute atomic E-state index is 13.0. The summed E-state index contributed by atoms with van der Waals surface area (Å²) < 4.78 is 61.6. The molecule has 6 heteroatoms. The molecule has 84 valence electrons. The lowest BCUT2D eigenvalue weighted by Crippen LogP contribution is -2.31. The van der Waals surface area contributed by atoms with Crippen LogP contribution in [0.1, 0.15) is 0 Å². The van der Waals surface area contributed by atoms with Crippen LogP contribution in [0.25, 0.3) is 0 Å². The lowest BCUT2D eigenvalue weighted by molar-refractivity contribution is -0.119. The third-order valence-corrected chi connectivity index (χ3v) is 1.74. The van der Waals surface area contributed by atoms with Crippen molar-refractivity contribution in [2.45, 2.75) is 6.18 Å². The van der Waals surface area contributed by atoms with Gasteiger partial charge in [0.15, 0.2) is 0 Å². The van der Waals surface area contributed by atoms with Crippen LogP contribution in [0.4, 0.5) is 27.6 Å². The Kier molecular flexibility index (Phi) is 3.16. The first-order chi connectivity index (χ1) is 6.79. The fourth-order valence-corrected chi connectivity index (χ4v) is 1.13. The summed E-state index contributed by atoms with van der Waals surface area (Å²) >= 11 is 0. The molecule has 0 bridgehead atoms. The summed E-state index contributed by atoms with van der Waals surface area (Å²) in [7, 11) is 1.05. The molecule has 0 amide bonds. The summed E-state index contributed by atoms with van der Waals surface area (Å²) in [6.45, 7) is -1.33. The van der Waals surface area contributed by atoms with Gasteiger partial charge in [-0.2, -0.15) is 13.2 Å². The average molecular weight is 225 g/mol. The third kappa shape index (κ3) is 3.38. The minimum absolute atomic E-state index is 0.410. The Morgan fingerprint density at radius 2 is 1.80 bits per heavy atom. The maximum Gasteiger partial charge on any atom is 0.405 e. The zero-order valence-corrected chi connectivity index (χ0v) is 7.78. The molecule has 1 rings (SSSR count). The third-order valence-electron chi connectivity index (χ3n) is 1.74. The molecule has 0 radical (unpaired) electrons. The van der Waals surface area contributed by atoms with E-state index in [0.717, 1.165) is 25.2 Å². The molecule has 0 unspecified atom stereocenters. The summed E-state index contributed by atoms with van der Waals surface area (Å²) in [5, 5.41) is 0. The number of rotatable bonds is 2. The Labute approximate surface area is 83.1 Å². The van der Waals surface area contributed by atoms with Gasteiger partial charge in [-0.15, -0.1) is 0 Å². The first-order valence-electron chi connectivity index (χ1n) is 4.02. The minimum Gasteiger partial charge on any atom is -0.363 e. The molecule has 15 heavy (non-hydrogen) atoms. The van der Waals surface area contributed by atoms with E-state index >= 15 is 0 Å². The number of benzene rings is 1. The van der Waals surface area contributed by atoms with Crippen molar-refractivity contribution in [3.05, 3.63) is 29.8 Å². The van der Waals surface area contributed by atoms with Gasteiger partial charge in [-0.3, -0.25) is 0 Å². The molecule has 0 N–H and O–H groups in total. The van der Waals surface area contributed by atoms with Gasteiger partial charge in [0.1, 0.15) is 18.2 Å².